The summed E-state index contributed by atoms with van der Waals surface area (Å²) in [7, 11) is -1.79. The molecule has 0 amide bonds. The maximum absolute atomic E-state index is 9.96. The Morgan fingerprint density at radius 2 is 1.79 bits per heavy atom. The Labute approximate surface area is 122 Å². The summed E-state index contributed by atoms with van der Waals surface area (Å²) in [4.78, 5) is 4.51. The number of aromatic nitrogens is 1. The van der Waals surface area contributed by atoms with Crippen molar-refractivity contribution in [3.05, 3.63) is 16.1 Å². The lowest BCUT2D eigenvalue weighted by molar-refractivity contribution is 0.0776. The molecule has 0 saturated heterocycles. The maximum Gasteiger partial charge on any atom is 0.192 e. The van der Waals surface area contributed by atoms with Gasteiger partial charge in [0.15, 0.2) is 8.32 Å². The van der Waals surface area contributed by atoms with Gasteiger partial charge in [-0.05, 0) is 38.9 Å². The van der Waals surface area contributed by atoms with Crippen molar-refractivity contribution in [3.63, 3.8) is 0 Å². The predicted octanol–water partition coefficient (Wildman–Crippen LogP) is 4.45. The number of thiazole rings is 1. The highest BCUT2D eigenvalue weighted by molar-refractivity contribution is 7.09. The first-order valence-electron chi connectivity index (χ1n) is 6.71. The van der Waals surface area contributed by atoms with Crippen LogP contribution in [0.25, 0.3) is 0 Å². The third-order valence-corrected chi connectivity index (χ3v) is 9.47. The fourth-order valence-electron chi connectivity index (χ4n) is 1.43. The standard InChI is InChI=1S/C14H27NO2SSi/c1-10(17-19(7,8)13(2,3)4)11-9-18-12(15-11)14(5,6)16/h9-10,16H,1-8H3. The molecule has 0 radical (unpaired) electrons. The molecule has 110 valence electrons. The molecule has 1 unspecified atom stereocenters. The molecule has 0 spiro atoms. The van der Waals surface area contributed by atoms with Crippen LogP contribution in [-0.4, -0.2) is 18.4 Å². The van der Waals surface area contributed by atoms with Crippen molar-refractivity contribution in [2.45, 2.75) is 71.4 Å². The summed E-state index contributed by atoms with van der Waals surface area (Å²) in [6.45, 7) is 16.7. The molecule has 3 nitrogen and oxygen atoms in total. The average Bonchev–Trinajstić information content (AvgIpc) is 2.62. The van der Waals surface area contributed by atoms with Crippen LogP contribution < -0.4 is 0 Å². The van der Waals surface area contributed by atoms with E-state index in [0.717, 1.165) is 10.7 Å². The Bertz CT molecular complexity index is 429. The van der Waals surface area contributed by atoms with E-state index >= 15 is 0 Å². The maximum atomic E-state index is 9.96. The van der Waals surface area contributed by atoms with Gasteiger partial charge in [-0.2, -0.15) is 0 Å². The van der Waals surface area contributed by atoms with Crippen LogP contribution in [0.4, 0.5) is 0 Å². The summed E-state index contributed by atoms with van der Waals surface area (Å²) in [6.07, 6.45) is -0.0201. The van der Waals surface area contributed by atoms with Crippen LogP contribution in [0.2, 0.25) is 18.1 Å². The molecule has 0 aliphatic carbocycles. The molecule has 0 bridgehead atoms. The van der Waals surface area contributed by atoms with Crippen LogP contribution in [0.15, 0.2) is 5.38 Å². The molecule has 1 rings (SSSR count). The van der Waals surface area contributed by atoms with Crippen LogP contribution in [-0.2, 0) is 10.0 Å². The van der Waals surface area contributed by atoms with Crippen LogP contribution >= 0.6 is 11.3 Å². The molecule has 0 fully saturated rings. The quantitative estimate of drug-likeness (QED) is 0.835. The minimum absolute atomic E-state index is 0.0201. The summed E-state index contributed by atoms with van der Waals surface area (Å²) in [5, 5.41) is 12.9. The van der Waals surface area contributed by atoms with Crippen molar-refractivity contribution in [1.82, 2.24) is 4.98 Å². The number of aliphatic hydroxyl groups is 1. The molecule has 1 N–H and O–H groups in total. The normalized spacial score (nSPS) is 15.6. The number of rotatable bonds is 4. The first-order chi connectivity index (χ1) is 8.34. The first kappa shape index (κ1) is 16.8. The van der Waals surface area contributed by atoms with E-state index in [2.05, 4.69) is 38.8 Å². The lowest BCUT2D eigenvalue weighted by atomic mass is 10.1. The van der Waals surface area contributed by atoms with Crippen molar-refractivity contribution in [3.8, 4) is 0 Å². The average molecular weight is 302 g/mol. The largest absolute Gasteiger partial charge is 0.409 e. The molecule has 1 atom stereocenters. The first-order valence-corrected chi connectivity index (χ1v) is 10.5. The van der Waals surface area contributed by atoms with E-state index < -0.39 is 13.9 Å². The predicted molar refractivity (Wildman–Crippen MR) is 84.1 cm³/mol. The second kappa shape index (κ2) is 5.28. The third-order valence-electron chi connectivity index (χ3n) is 3.74. The van der Waals surface area contributed by atoms with Gasteiger partial charge in [0.05, 0.1) is 11.8 Å². The number of hydrogen-bond donors (Lipinski definition) is 1. The fraction of sp³-hybridized carbons (Fsp3) is 0.786. The monoisotopic (exact) mass is 301 g/mol. The van der Waals surface area contributed by atoms with Crippen molar-refractivity contribution in [1.29, 1.82) is 0 Å². The highest BCUT2D eigenvalue weighted by atomic mass is 32.1. The Hall–Kier alpha value is -0.233. The summed E-state index contributed by atoms with van der Waals surface area (Å²) >= 11 is 1.49. The van der Waals surface area contributed by atoms with Crippen LogP contribution in [0.1, 0.15) is 58.3 Å². The van der Waals surface area contributed by atoms with Gasteiger partial charge >= 0.3 is 0 Å². The summed E-state index contributed by atoms with van der Waals surface area (Å²) in [5.41, 5.74) is 0.0477. The van der Waals surface area contributed by atoms with Crippen LogP contribution in [0.3, 0.4) is 0 Å². The van der Waals surface area contributed by atoms with Crippen molar-refractivity contribution < 1.29 is 9.53 Å². The van der Waals surface area contributed by atoms with Gasteiger partial charge in [-0.15, -0.1) is 11.3 Å². The van der Waals surface area contributed by atoms with Gasteiger partial charge in [-0.25, -0.2) is 4.98 Å². The Balaban J connectivity index is 2.85. The van der Waals surface area contributed by atoms with Crippen molar-refractivity contribution in [2.24, 2.45) is 0 Å². The van der Waals surface area contributed by atoms with Crippen LogP contribution in [0, 0.1) is 0 Å². The molecule has 0 aromatic carbocycles. The fourth-order valence-corrected chi connectivity index (χ4v) is 3.71. The zero-order valence-corrected chi connectivity index (χ0v) is 15.2. The van der Waals surface area contributed by atoms with Gasteiger partial charge in [0.25, 0.3) is 0 Å². The zero-order valence-electron chi connectivity index (χ0n) is 13.4. The lowest BCUT2D eigenvalue weighted by Gasteiger charge is -2.38. The second-order valence-electron chi connectivity index (χ2n) is 7.16. The molecule has 1 aromatic rings. The molecule has 5 heteroatoms. The van der Waals surface area contributed by atoms with E-state index in [0.29, 0.717) is 0 Å². The summed E-state index contributed by atoms with van der Waals surface area (Å²) in [6, 6.07) is 0. The highest BCUT2D eigenvalue weighted by Crippen LogP contribution is 2.40. The molecule has 0 aliphatic heterocycles. The highest BCUT2D eigenvalue weighted by Gasteiger charge is 2.39. The topological polar surface area (TPSA) is 42.4 Å². The molecule has 0 aliphatic rings. The van der Waals surface area contributed by atoms with E-state index in [4.69, 9.17) is 4.43 Å². The minimum atomic E-state index is -1.79. The van der Waals surface area contributed by atoms with Gasteiger partial charge in [-0.1, -0.05) is 20.8 Å². The Kier molecular flexibility index (Phi) is 4.67. The van der Waals surface area contributed by atoms with Crippen LogP contribution in [0.5, 0.6) is 0 Å². The van der Waals surface area contributed by atoms with Crippen molar-refractivity contribution in [2.75, 3.05) is 0 Å². The zero-order chi connectivity index (χ0) is 15.1. The van der Waals surface area contributed by atoms with Crippen molar-refractivity contribution >= 4 is 19.7 Å². The van der Waals surface area contributed by atoms with E-state index in [-0.39, 0.29) is 11.1 Å². The molecular weight excluding hydrogens is 274 g/mol. The Morgan fingerprint density at radius 1 is 1.26 bits per heavy atom. The van der Waals surface area contributed by atoms with Gasteiger partial charge in [0.2, 0.25) is 0 Å². The van der Waals surface area contributed by atoms with Gasteiger partial charge in [-0.3, -0.25) is 0 Å². The van der Waals surface area contributed by atoms with E-state index in [9.17, 15) is 5.11 Å². The van der Waals surface area contributed by atoms with Gasteiger partial charge in [0, 0.05) is 5.38 Å². The molecule has 1 aromatic heterocycles. The second-order valence-corrected chi connectivity index (χ2v) is 12.8. The Morgan fingerprint density at radius 3 is 2.16 bits per heavy atom. The van der Waals surface area contributed by atoms with E-state index in [1.165, 1.54) is 11.3 Å². The number of hydrogen-bond acceptors (Lipinski definition) is 4. The molecular formula is C14H27NO2SSi. The molecule has 0 saturated carbocycles. The third kappa shape index (κ3) is 4.11. The van der Waals surface area contributed by atoms with Gasteiger partial charge < -0.3 is 9.53 Å². The number of nitrogens with zero attached hydrogens (tertiary/aromatic N) is 1. The summed E-state index contributed by atoms with van der Waals surface area (Å²) < 4.78 is 6.32. The van der Waals surface area contributed by atoms with E-state index in [1.54, 1.807) is 13.8 Å². The minimum Gasteiger partial charge on any atom is -0.409 e. The van der Waals surface area contributed by atoms with E-state index in [1.807, 2.05) is 12.3 Å². The molecule has 19 heavy (non-hydrogen) atoms. The smallest absolute Gasteiger partial charge is 0.192 e. The molecule has 1 heterocycles. The summed E-state index contributed by atoms with van der Waals surface area (Å²) in [5.74, 6) is 0. The lowest BCUT2D eigenvalue weighted by Crippen LogP contribution is -2.41. The SMILES string of the molecule is CC(O[Si](C)(C)C(C)(C)C)c1csc(C(C)(C)O)n1. The van der Waals surface area contributed by atoms with Gasteiger partial charge in [0.1, 0.15) is 10.6 Å².